The average molecular weight is 252 g/mol. The molecule has 4 heteroatoms. The summed E-state index contributed by atoms with van der Waals surface area (Å²) in [6, 6.07) is 4.00. The van der Waals surface area contributed by atoms with E-state index in [0.717, 1.165) is 11.3 Å². The fourth-order valence-electron chi connectivity index (χ4n) is 1.58. The van der Waals surface area contributed by atoms with Crippen molar-refractivity contribution < 1.29 is 4.79 Å². The van der Waals surface area contributed by atoms with Gasteiger partial charge in [0.2, 0.25) is 5.91 Å². The second-order valence-electron chi connectivity index (χ2n) is 4.42. The van der Waals surface area contributed by atoms with Crippen LogP contribution in [-0.4, -0.2) is 18.5 Å². The molecule has 0 aromatic carbocycles. The number of hydrogen-bond acceptors (Lipinski definition) is 3. The third-order valence-electron chi connectivity index (χ3n) is 2.33. The maximum atomic E-state index is 11.6. The molecule has 1 aromatic heterocycles. The van der Waals surface area contributed by atoms with Gasteiger partial charge in [-0.2, -0.15) is 0 Å². The number of amides is 1. The first-order chi connectivity index (χ1) is 8.11. The Morgan fingerprint density at radius 3 is 2.88 bits per heavy atom. The molecule has 0 aliphatic carbocycles. The molecule has 3 N–H and O–H groups in total. The Morgan fingerprint density at radius 1 is 1.59 bits per heavy atom. The molecule has 3 nitrogen and oxygen atoms in total. The van der Waals surface area contributed by atoms with E-state index in [1.807, 2.05) is 23.6 Å². The van der Waals surface area contributed by atoms with Gasteiger partial charge in [0.1, 0.15) is 0 Å². The molecule has 0 bridgehead atoms. The summed E-state index contributed by atoms with van der Waals surface area (Å²) in [6.45, 7) is 4.73. The zero-order valence-electron chi connectivity index (χ0n) is 10.3. The van der Waals surface area contributed by atoms with Crippen molar-refractivity contribution in [3.63, 3.8) is 0 Å². The predicted molar refractivity (Wildman–Crippen MR) is 73.8 cm³/mol. The molecule has 0 fully saturated rings. The third kappa shape index (κ3) is 5.65. The first-order valence-corrected chi connectivity index (χ1v) is 6.72. The van der Waals surface area contributed by atoms with Crippen LogP contribution in [0.15, 0.2) is 23.6 Å². The van der Waals surface area contributed by atoms with Crippen LogP contribution >= 0.6 is 11.3 Å². The van der Waals surface area contributed by atoms with Gasteiger partial charge in [0.15, 0.2) is 0 Å². The maximum absolute atomic E-state index is 11.6. The second kappa shape index (κ2) is 7.25. The zero-order valence-corrected chi connectivity index (χ0v) is 11.2. The van der Waals surface area contributed by atoms with Crippen molar-refractivity contribution in [1.82, 2.24) is 5.32 Å². The summed E-state index contributed by atoms with van der Waals surface area (Å²) in [5.74, 6) is 0.458. The van der Waals surface area contributed by atoms with Crippen LogP contribution in [0.2, 0.25) is 0 Å². The number of nitrogens with one attached hydrogen (secondary N) is 1. The lowest BCUT2D eigenvalue weighted by Gasteiger charge is -2.17. The highest BCUT2D eigenvalue weighted by molar-refractivity contribution is 7.10. The number of nitrogens with two attached hydrogens (primary N) is 1. The van der Waals surface area contributed by atoms with E-state index in [9.17, 15) is 4.79 Å². The minimum absolute atomic E-state index is 0.0653. The van der Waals surface area contributed by atoms with Crippen molar-refractivity contribution in [1.29, 1.82) is 0 Å². The maximum Gasteiger partial charge on any atom is 0.244 e. The van der Waals surface area contributed by atoms with E-state index < -0.39 is 0 Å². The van der Waals surface area contributed by atoms with E-state index in [4.69, 9.17) is 5.73 Å². The third-order valence-corrected chi connectivity index (χ3v) is 3.17. The van der Waals surface area contributed by atoms with Crippen LogP contribution in [0.3, 0.4) is 0 Å². The van der Waals surface area contributed by atoms with Crippen LogP contribution in [0.1, 0.15) is 25.1 Å². The molecule has 1 amide bonds. The van der Waals surface area contributed by atoms with E-state index >= 15 is 0 Å². The summed E-state index contributed by atoms with van der Waals surface area (Å²) in [5, 5.41) is 4.90. The minimum atomic E-state index is -0.0745. The molecule has 0 spiro atoms. The van der Waals surface area contributed by atoms with Crippen LogP contribution in [0.25, 0.3) is 6.08 Å². The van der Waals surface area contributed by atoms with E-state index in [-0.39, 0.29) is 11.9 Å². The molecule has 1 rings (SSSR count). The van der Waals surface area contributed by atoms with Crippen molar-refractivity contribution >= 4 is 23.3 Å². The summed E-state index contributed by atoms with van der Waals surface area (Å²) in [5.41, 5.74) is 5.62. The van der Waals surface area contributed by atoms with Crippen molar-refractivity contribution in [2.24, 2.45) is 11.7 Å². The standard InChI is InChI=1S/C13H20N2OS/c1-10(2)8-11(9-14)15-13(16)6-5-12-4-3-7-17-12/h3-7,10-11H,8-9,14H2,1-2H3,(H,15,16). The van der Waals surface area contributed by atoms with Gasteiger partial charge in [-0.3, -0.25) is 4.79 Å². The molecule has 0 radical (unpaired) electrons. The van der Waals surface area contributed by atoms with Gasteiger partial charge in [0.25, 0.3) is 0 Å². The van der Waals surface area contributed by atoms with Gasteiger partial charge in [-0.15, -0.1) is 11.3 Å². The van der Waals surface area contributed by atoms with Gasteiger partial charge in [-0.05, 0) is 29.9 Å². The molecule has 1 heterocycles. The second-order valence-corrected chi connectivity index (χ2v) is 5.40. The van der Waals surface area contributed by atoms with E-state index in [1.54, 1.807) is 17.4 Å². The van der Waals surface area contributed by atoms with Gasteiger partial charge in [0, 0.05) is 23.5 Å². The summed E-state index contributed by atoms with van der Waals surface area (Å²) in [6.07, 6.45) is 4.30. The normalized spacial score (nSPS) is 13.2. The van der Waals surface area contributed by atoms with Gasteiger partial charge < -0.3 is 11.1 Å². The van der Waals surface area contributed by atoms with Crippen molar-refractivity contribution in [3.8, 4) is 0 Å². The highest BCUT2D eigenvalue weighted by atomic mass is 32.1. The number of carbonyl (C=O) groups is 1. The highest BCUT2D eigenvalue weighted by Crippen LogP contribution is 2.10. The zero-order chi connectivity index (χ0) is 12.7. The van der Waals surface area contributed by atoms with Gasteiger partial charge >= 0.3 is 0 Å². The molecule has 94 valence electrons. The molecule has 0 saturated heterocycles. The molecular formula is C13H20N2OS. The van der Waals surface area contributed by atoms with Crippen molar-refractivity contribution in [2.75, 3.05) is 6.54 Å². The van der Waals surface area contributed by atoms with Crippen LogP contribution in [0.5, 0.6) is 0 Å². The molecule has 0 aliphatic heterocycles. The molecule has 1 unspecified atom stereocenters. The molecule has 1 atom stereocenters. The fraction of sp³-hybridized carbons (Fsp3) is 0.462. The Morgan fingerprint density at radius 2 is 2.35 bits per heavy atom. The molecular weight excluding hydrogens is 232 g/mol. The molecule has 17 heavy (non-hydrogen) atoms. The SMILES string of the molecule is CC(C)CC(CN)NC(=O)C=Cc1cccs1. The molecule has 1 aromatic rings. The smallest absolute Gasteiger partial charge is 0.244 e. The predicted octanol–water partition coefficient (Wildman–Crippen LogP) is 2.25. The molecule has 0 saturated carbocycles. The van der Waals surface area contributed by atoms with E-state index in [0.29, 0.717) is 12.5 Å². The highest BCUT2D eigenvalue weighted by Gasteiger charge is 2.10. The summed E-state index contributed by atoms with van der Waals surface area (Å²) in [7, 11) is 0. The first kappa shape index (κ1) is 13.9. The number of rotatable bonds is 6. The Bertz CT molecular complexity index is 358. The van der Waals surface area contributed by atoms with Gasteiger partial charge in [-0.25, -0.2) is 0 Å². The van der Waals surface area contributed by atoms with E-state index in [2.05, 4.69) is 19.2 Å². The van der Waals surface area contributed by atoms with Crippen LogP contribution < -0.4 is 11.1 Å². The first-order valence-electron chi connectivity index (χ1n) is 5.84. The number of thiophene rings is 1. The fourth-order valence-corrected chi connectivity index (χ4v) is 2.19. The summed E-state index contributed by atoms with van der Waals surface area (Å²) < 4.78 is 0. The van der Waals surface area contributed by atoms with Crippen LogP contribution in [-0.2, 0) is 4.79 Å². The number of hydrogen-bond donors (Lipinski definition) is 2. The topological polar surface area (TPSA) is 55.1 Å². The Kier molecular flexibility index (Phi) is 5.94. The van der Waals surface area contributed by atoms with Crippen LogP contribution in [0, 0.1) is 5.92 Å². The Hall–Kier alpha value is -1.13. The average Bonchev–Trinajstić information content (AvgIpc) is 2.77. The Balaban J connectivity index is 2.42. The lowest BCUT2D eigenvalue weighted by molar-refractivity contribution is -0.117. The largest absolute Gasteiger partial charge is 0.349 e. The lowest BCUT2D eigenvalue weighted by Crippen LogP contribution is -2.40. The monoisotopic (exact) mass is 252 g/mol. The van der Waals surface area contributed by atoms with Crippen LogP contribution in [0.4, 0.5) is 0 Å². The lowest BCUT2D eigenvalue weighted by atomic mass is 10.0. The number of carbonyl (C=O) groups excluding carboxylic acids is 1. The van der Waals surface area contributed by atoms with Gasteiger partial charge in [-0.1, -0.05) is 19.9 Å². The van der Waals surface area contributed by atoms with E-state index in [1.165, 1.54) is 0 Å². The molecule has 0 aliphatic rings. The summed E-state index contributed by atoms with van der Waals surface area (Å²) in [4.78, 5) is 12.7. The minimum Gasteiger partial charge on any atom is -0.349 e. The summed E-state index contributed by atoms with van der Waals surface area (Å²) >= 11 is 1.61. The Labute approximate surface area is 107 Å². The quantitative estimate of drug-likeness (QED) is 0.763. The van der Waals surface area contributed by atoms with Gasteiger partial charge in [0.05, 0.1) is 0 Å². The van der Waals surface area contributed by atoms with Crippen molar-refractivity contribution in [3.05, 3.63) is 28.5 Å². The van der Waals surface area contributed by atoms with Crippen molar-refractivity contribution in [2.45, 2.75) is 26.3 Å².